The summed E-state index contributed by atoms with van der Waals surface area (Å²) in [4.78, 5) is 38.1. The summed E-state index contributed by atoms with van der Waals surface area (Å²) in [6, 6.07) is -1.84. The van der Waals surface area contributed by atoms with Crippen molar-refractivity contribution < 1.29 is 25.3 Å². The van der Waals surface area contributed by atoms with Crippen molar-refractivity contribution in [2.75, 3.05) is 6.54 Å². The van der Waals surface area contributed by atoms with Crippen molar-refractivity contribution in [3.8, 4) is 0 Å². The summed E-state index contributed by atoms with van der Waals surface area (Å²) in [5.41, 5.74) is 5.49. The van der Waals surface area contributed by atoms with Crippen molar-refractivity contribution in [3.63, 3.8) is 0 Å². The molecule has 0 bridgehead atoms. The molecule has 1 fully saturated rings. The molecule has 0 aliphatic carbocycles. The van der Waals surface area contributed by atoms with E-state index in [9.17, 15) is 14.4 Å². The Morgan fingerprint density at radius 2 is 1.68 bits per heavy atom. The topological polar surface area (TPSA) is 168 Å². The van der Waals surface area contributed by atoms with Gasteiger partial charge in [-0.05, 0) is 37.5 Å². The third-order valence-electron chi connectivity index (χ3n) is 4.01. The number of nitrogens with zero attached hydrogens (tertiary/aromatic N) is 1. The van der Waals surface area contributed by atoms with E-state index < -0.39 is 18.1 Å². The number of carbonyl (C=O) groups is 3. The highest BCUT2D eigenvalue weighted by Crippen LogP contribution is 2.19. The maximum Gasteiger partial charge on any atom is 0.245 e. The van der Waals surface area contributed by atoms with Gasteiger partial charge in [0.15, 0.2) is 16.3 Å². The fraction of sp³-hybridized carbons (Fsp3) is 0.800. The molecule has 144 valence electrons. The first-order chi connectivity index (χ1) is 10.6. The van der Waals surface area contributed by atoms with Crippen LogP contribution >= 0.6 is 0 Å². The Bertz CT molecular complexity index is 461. The minimum Gasteiger partial charge on any atom is -0.412 e. The maximum absolute atomic E-state index is 12.5. The minimum absolute atomic E-state index is 0. The van der Waals surface area contributed by atoms with E-state index in [-0.39, 0.29) is 33.6 Å². The number of nitrogens with one attached hydrogen (secondary N) is 2. The van der Waals surface area contributed by atoms with Crippen molar-refractivity contribution in [2.45, 2.75) is 63.6 Å². The zero-order valence-corrected chi connectivity index (χ0v) is 16.5. The van der Waals surface area contributed by atoms with E-state index in [4.69, 9.17) is 5.73 Å². The van der Waals surface area contributed by atoms with Crippen LogP contribution in [0.5, 0.6) is 0 Å². The number of rotatable bonds is 6. The third kappa shape index (κ3) is 7.30. The van der Waals surface area contributed by atoms with Crippen molar-refractivity contribution in [1.29, 1.82) is 0 Å². The largest absolute Gasteiger partial charge is 0.412 e. The molecular weight excluding hydrogens is 343 g/mol. The summed E-state index contributed by atoms with van der Waals surface area (Å²) in [6.07, 6.45) is 1.42. The SMILES string of the molecule is CC(C)[C@@H]([Al])NC(=O)[C@@H]1CCCN1C(=O)[C@H](C)NC(=O)[C@H](C)N.O.O. The molecule has 4 atom stereocenters. The first-order valence-corrected chi connectivity index (χ1v) is 8.74. The monoisotopic (exact) mass is 374 g/mol. The predicted molar refractivity (Wildman–Crippen MR) is 95.7 cm³/mol. The summed E-state index contributed by atoms with van der Waals surface area (Å²) in [5, 5.41) is 5.51. The highest BCUT2D eigenvalue weighted by molar-refractivity contribution is 6.13. The number of likely N-dealkylation sites (tertiary alicyclic amines) is 1. The first-order valence-electron chi connectivity index (χ1n) is 8.07. The van der Waals surface area contributed by atoms with Crippen LogP contribution in [-0.4, -0.2) is 79.4 Å². The molecule has 9 nitrogen and oxygen atoms in total. The molecule has 1 heterocycles. The first kappa shape index (κ1) is 26.1. The smallest absolute Gasteiger partial charge is 0.245 e. The van der Waals surface area contributed by atoms with Gasteiger partial charge in [0.25, 0.3) is 0 Å². The summed E-state index contributed by atoms with van der Waals surface area (Å²) in [5.74, 6) is -0.480. The summed E-state index contributed by atoms with van der Waals surface area (Å²) in [7, 11) is 0. The van der Waals surface area contributed by atoms with Gasteiger partial charge in [0, 0.05) is 6.54 Å². The molecule has 1 rings (SSSR count). The lowest BCUT2D eigenvalue weighted by Crippen LogP contribution is -2.55. The summed E-state index contributed by atoms with van der Waals surface area (Å²) in [6.45, 7) is 7.73. The normalized spacial score (nSPS) is 19.9. The van der Waals surface area contributed by atoms with Gasteiger partial charge in [0.1, 0.15) is 12.1 Å². The Hall–Kier alpha value is -1.18. The lowest BCUT2D eigenvalue weighted by atomic mass is 10.1. The highest BCUT2D eigenvalue weighted by Gasteiger charge is 2.36. The van der Waals surface area contributed by atoms with E-state index in [1.165, 1.54) is 0 Å². The quantitative estimate of drug-likeness (QED) is 0.435. The van der Waals surface area contributed by atoms with E-state index >= 15 is 0 Å². The summed E-state index contributed by atoms with van der Waals surface area (Å²) >= 11 is 2.60. The molecule has 0 spiro atoms. The van der Waals surface area contributed by atoms with Crippen LogP contribution < -0.4 is 16.4 Å². The number of hydrogen-bond donors (Lipinski definition) is 3. The van der Waals surface area contributed by atoms with Gasteiger partial charge in [-0.2, -0.15) is 0 Å². The van der Waals surface area contributed by atoms with Crippen molar-refractivity contribution in [1.82, 2.24) is 15.5 Å². The van der Waals surface area contributed by atoms with E-state index in [1.807, 2.05) is 13.8 Å². The molecule has 0 aromatic carbocycles. The number of hydrogen-bond acceptors (Lipinski definition) is 4. The van der Waals surface area contributed by atoms with Gasteiger partial charge in [0.05, 0.1) is 6.04 Å². The number of carbonyl (C=O) groups excluding carboxylic acids is 3. The Morgan fingerprint density at radius 1 is 1.12 bits per heavy atom. The average molecular weight is 374 g/mol. The van der Waals surface area contributed by atoms with Crippen LogP contribution in [0.2, 0.25) is 0 Å². The van der Waals surface area contributed by atoms with Crippen molar-refractivity contribution >= 4 is 34.0 Å². The second-order valence-electron chi connectivity index (χ2n) is 6.49. The van der Waals surface area contributed by atoms with Crippen LogP contribution in [0, 0.1) is 5.92 Å². The molecule has 0 aromatic rings. The van der Waals surface area contributed by atoms with E-state index in [0.29, 0.717) is 18.9 Å². The van der Waals surface area contributed by atoms with Gasteiger partial charge in [-0.25, -0.2) is 0 Å². The van der Waals surface area contributed by atoms with Gasteiger partial charge >= 0.3 is 0 Å². The average Bonchev–Trinajstić information content (AvgIpc) is 2.95. The molecular formula is C15H31AlN4O5. The zero-order valence-electron chi connectivity index (χ0n) is 15.3. The van der Waals surface area contributed by atoms with Crippen molar-refractivity contribution in [3.05, 3.63) is 0 Å². The molecule has 3 amide bonds. The zero-order chi connectivity index (χ0) is 17.7. The lowest BCUT2D eigenvalue weighted by molar-refractivity contribution is -0.141. The molecule has 1 aliphatic rings. The van der Waals surface area contributed by atoms with Gasteiger partial charge in [-0.1, -0.05) is 13.8 Å². The molecule has 0 saturated carbocycles. The van der Waals surface area contributed by atoms with Gasteiger partial charge < -0.3 is 32.2 Å². The number of amides is 3. The van der Waals surface area contributed by atoms with Crippen LogP contribution in [0.1, 0.15) is 40.5 Å². The minimum atomic E-state index is -0.696. The second kappa shape index (κ2) is 11.4. The summed E-state index contributed by atoms with van der Waals surface area (Å²) < 4.78 is 0. The molecule has 1 aliphatic heterocycles. The second-order valence-corrected chi connectivity index (χ2v) is 7.21. The van der Waals surface area contributed by atoms with Crippen LogP contribution in [0.15, 0.2) is 0 Å². The van der Waals surface area contributed by atoms with Crippen LogP contribution in [-0.2, 0) is 14.4 Å². The molecule has 25 heavy (non-hydrogen) atoms. The molecule has 8 N–H and O–H groups in total. The van der Waals surface area contributed by atoms with Crippen molar-refractivity contribution in [2.24, 2.45) is 11.7 Å². The van der Waals surface area contributed by atoms with Crippen LogP contribution in [0.3, 0.4) is 0 Å². The third-order valence-corrected chi connectivity index (χ3v) is 4.94. The fourth-order valence-corrected chi connectivity index (χ4v) is 2.55. The van der Waals surface area contributed by atoms with Gasteiger partial charge in [-0.15, -0.1) is 0 Å². The lowest BCUT2D eigenvalue weighted by Gasteiger charge is -2.29. The molecule has 0 unspecified atom stereocenters. The Kier molecular flexibility index (Phi) is 11.9. The Balaban J connectivity index is 0. The fourth-order valence-electron chi connectivity index (χ4n) is 2.39. The highest BCUT2D eigenvalue weighted by atomic mass is 27.0. The Labute approximate surface area is 157 Å². The molecule has 1 saturated heterocycles. The van der Waals surface area contributed by atoms with Gasteiger partial charge in [0.2, 0.25) is 17.7 Å². The maximum atomic E-state index is 12.5. The molecule has 0 aromatic heterocycles. The standard InChI is InChI=1S/C15H27N4O3.Al.2H2O/c1-9(2)8-17-14(21)12-6-5-7-19(12)15(22)11(4)18-13(20)10(3)16;;;/h8-12H,5-7,16H2,1-4H3,(H,17,21)(H,18,20);;2*1H2/t10-,11-,12-;;;/m0.../s1. The number of nitrogens with two attached hydrogens (primary N) is 1. The van der Waals surface area contributed by atoms with E-state index in [2.05, 4.69) is 26.9 Å². The Morgan fingerprint density at radius 3 is 2.16 bits per heavy atom. The van der Waals surface area contributed by atoms with Crippen LogP contribution in [0.25, 0.3) is 0 Å². The van der Waals surface area contributed by atoms with Crippen LogP contribution in [0.4, 0.5) is 0 Å². The molecule has 2 radical (unpaired) electrons. The predicted octanol–water partition coefficient (Wildman–Crippen LogP) is -2.55. The van der Waals surface area contributed by atoms with E-state index in [1.54, 1.807) is 18.7 Å². The van der Waals surface area contributed by atoms with E-state index in [0.717, 1.165) is 6.42 Å². The van der Waals surface area contributed by atoms with Gasteiger partial charge in [-0.3, -0.25) is 14.4 Å². The molecule has 10 heteroatoms.